The summed E-state index contributed by atoms with van der Waals surface area (Å²) < 4.78 is 21.8. The first-order valence-corrected chi connectivity index (χ1v) is 12.3. The molecule has 2 N–H and O–H groups in total. The van der Waals surface area contributed by atoms with Crippen molar-refractivity contribution in [2.24, 2.45) is 16.3 Å². The highest BCUT2D eigenvalue weighted by Gasteiger charge is 2.49. The van der Waals surface area contributed by atoms with E-state index in [0.29, 0.717) is 47.1 Å². The molecule has 1 saturated carbocycles. The molecule has 0 amide bonds. The second-order valence-corrected chi connectivity index (χ2v) is 10.5. The molecule has 5 rings (SSSR count). The minimum Gasteiger partial charge on any atom is -0.497 e. The largest absolute Gasteiger partial charge is 0.497 e. The van der Waals surface area contributed by atoms with Gasteiger partial charge in [-0.2, -0.15) is 0 Å². The predicted molar refractivity (Wildman–Crippen MR) is 136 cm³/mol. The van der Waals surface area contributed by atoms with Gasteiger partial charge < -0.3 is 18.9 Å². The van der Waals surface area contributed by atoms with Crippen LogP contribution >= 0.6 is 0 Å². The smallest absolute Gasteiger partial charge is 0.336 e. The molecule has 0 bridgehead atoms. The molecule has 1 fully saturated rings. The third kappa shape index (κ3) is 4.72. The van der Waals surface area contributed by atoms with Crippen molar-refractivity contribution in [1.82, 2.24) is 0 Å². The maximum absolute atomic E-state index is 13.6. The first kappa shape index (κ1) is 25.7. The molecule has 2 heterocycles. The summed E-state index contributed by atoms with van der Waals surface area (Å²) in [5.74, 6) is -0.989. The third-order valence-corrected chi connectivity index (χ3v) is 7.19. The van der Waals surface area contributed by atoms with E-state index in [1.165, 1.54) is 6.07 Å². The van der Waals surface area contributed by atoms with E-state index >= 15 is 0 Å². The molecule has 0 spiro atoms. The Hall–Kier alpha value is -3.89. The molecule has 0 aromatic heterocycles. The number of hydrogen-bond acceptors (Lipinski definition) is 10. The van der Waals surface area contributed by atoms with E-state index in [1.54, 1.807) is 44.4 Å². The summed E-state index contributed by atoms with van der Waals surface area (Å²) >= 11 is 0. The number of aliphatic imine (C=N–C) groups is 1. The van der Waals surface area contributed by atoms with E-state index in [2.05, 4.69) is 0 Å². The molecule has 38 heavy (non-hydrogen) atoms. The lowest BCUT2D eigenvalue weighted by Gasteiger charge is -2.41. The Morgan fingerprint density at radius 1 is 1.11 bits per heavy atom. The highest BCUT2D eigenvalue weighted by Crippen LogP contribution is 2.51. The molecule has 200 valence electrons. The molecule has 2 aromatic rings. The summed E-state index contributed by atoms with van der Waals surface area (Å²) in [7, 11) is 1.57. The lowest BCUT2D eigenvalue weighted by atomic mass is 9.63. The van der Waals surface area contributed by atoms with Gasteiger partial charge in [-0.3, -0.25) is 20.2 Å². The molecule has 2 aromatic carbocycles. The number of allylic oxidation sites excluding steroid dienone is 1. The molecular formula is C28H30N2O8. The monoisotopic (exact) mass is 522 g/mol. The Bertz CT molecular complexity index is 1340. The van der Waals surface area contributed by atoms with Crippen LogP contribution in [0, 0.1) is 11.3 Å². The standard InChI is InChI=1S/C28H30N2O8/c1-15-24(27(32)36-13-16-5-7-17(35-4)8-6-16)25(26-19(29-15)11-28(2,3)12-21(26)31)18-9-22-23(38-14-37-22)10-20(18)30(33)34/h5-10,25-26,33-34H,11-14H2,1-4H3. The van der Waals surface area contributed by atoms with E-state index in [0.717, 1.165) is 5.56 Å². The average molecular weight is 523 g/mol. The van der Waals surface area contributed by atoms with Gasteiger partial charge in [-0.25, -0.2) is 4.79 Å². The molecule has 3 aliphatic rings. The Morgan fingerprint density at radius 2 is 1.79 bits per heavy atom. The van der Waals surface area contributed by atoms with Crippen molar-refractivity contribution in [3.8, 4) is 17.2 Å². The maximum atomic E-state index is 13.6. The summed E-state index contributed by atoms with van der Waals surface area (Å²) in [5.41, 5.74) is 2.00. The van der Waals surface area contributed by atoms with Crippen LogP contribution in [0.4, 0.5) is 5.69 Å². The van der Waals surface area contributed by atoms with Crippen LogP contribution in [0.1, 0.15) is 50.7 Å². The minimum absolute atomic E-state index is 0.00529. The fourth-order valence-electron chi connectivity index (χ4n) is 5.51. The zero-order valence-electron chi connectivity index (χ0n) is 21.7. The number of fused-ring (bicyclic) bond motifs is 2. The van der Waals surface area contributed by atoms with Gasteiger partial charge in [0.1, 0.15) is 23.8 Å². The minimum atomic E-state index is -0.874. The van der Waals surface area contributed by atoms with Crippen molar-refractivity contribution < 1.29 is 39.0 Å². The summed E-state index contributed by atoms with van der Waals surface area (Å²) in [4.78, 5) is 31.9. The summed E-state index contributed by atoms with van der Waals surface area (Å²) in [6.07, 6.45) is 0.857. The lowest BCUT2D eigenvalue weighted by Crippen LogP contribution is -2.44. The molecule has 0 radical (unpaired) electrons. The number of methoxy groups -OCH3 is 1. The first-order valence-electron chi connectivity index (χ1n) is 12.3. The number of anilines is 1. The Labute approximate surface area is 220 Å². The number of carbonyl (C=O) groups is 2. The molecule has 1 aliphatic carbocycles. The van der Waals surface area contributed by atoms with Crippen LogP contribution < -0.4 is 19.4 Å². The van der Waals surface area contributed by atoms with E-state index in [1.807, 2.05) is 13.8 Å². The van der Waals surface area contributed by atoms with Crippen LogP contribution in [-0.4, -0.2) is 41.8 Å². The number of rotatable bonds is 6. The van der Waals surface area contributed by atoms with Crippen LogP contribution in [0.15, 0.2) is 52.7 Å². The van der Waals surface area contributed by atoms with Gasteiger partial charge in [0, 0.05) is 29.8 Å². The molecule has 0 saturated heterocycles. The van der Waals surface area contributed by atoms with Crippen LogP contribution in [-0.2, 0) is 20.9 Å². The highest BCUT2D eigenvalue weighted by molar-refractivity contribution is 6.12. The predicted octanol–water partition coefficient (Wildman–Crippen LogP) is 4.57. The van der Waals surface area contributed by atoms with Gasteiger partial charge in [0.05, 0.1) is 18.6 Å². The number of benzene rings is 2. The van der Waals surface area contributed by atoms with Crippen molar-refractivity contribution in [2.45, 2.75) is 46.1 Å². The van der Waals surface area contributed by atoms with Crippen molar-refractivity contribution in [1.29, 1.82) is 0 Å². The van der Waals surface area contributed by atoms with Gasteiger partial charge in [-0.05, 0) is 48.1 Å². The highest BCUT2D eigenvalue weighted by atomic mass is 16.8. The summed E-state index contributed by atoms with van der Waals surface area (Å²) in [6, 6.07) is 10.1. The van der Waals surface area contributed by atoms with E-state index in [4.69, 9.17) is 23.9 Å². The normalized spacial score (nSPS) is 21.5. The van der Waals surface area contributed by atoms with Crippen LogP contribution in [0.3, 0.4) is 0 Å². The number of esters is 1. The van der Waals surface area contributed by atoms with E-state index in [9.17, 15) is 20.0 Å². The Balaban J connectivity index is 1.58. The summed E-state index contributed by atoms with van der Waals surface area (Å²) in [6.45, 7) is 5.68. The van der Waals surface area contributed by atoms with E-state index < -0.39 is 17.8 Å². The fourth-order valence-corrected chi connectivity index (χ4v) is 5.51. The summed E-state index contributed by atoms with van der Waals surface area (Å²) in [5, 5.41) is 20.2. The molecule has 2 aliphatic heterocycles. The Kier molecular flexibility index (Phi) is 6.62. The van der Waals surface area contributed by atoms with Gasteiger partial charge in [0.2, 0.25) is 6.79 Å². The number of ether oxygens (including phenoxy) is 4. The van der Waals surface area contributed by atoms with Gasteiger partial charge in [0.25, 0.3) is 0 Å². The molecule has 10 nitrogen and oxygen atoms in total. The zero-order chi connectivity index (χ0) is 27.2. The van der Waals surface area contributed by atoms with Crippen LogP contribution in [0.2, 0.25) is 0 Å². The van der Waals surface area contributed by atoms with Crippen molar-refractivity contribution in [3.05, 3.63) is 58.8 Å². The van der Waals surface area contributed by atoms with Crippen molar-refractivity contribution in [3.63, 3.8) is 0 Å². The van der Waals surface area contributed by atoms with Crippen molar-refractivity contribution in [2.75, 3.05) is 19.1 Å². The Morgan fingerprint density at radius 3 is 2.45 bits per heavy atom. The molecular weight excluding hydrogens is 492 g/mol. The molecule has 10 heteroatoms. The number of hydrogen-bond donors (Lipinski definition) is 2. The van der Waals surface area contributed by atoms with Gasteiger partial charge >= 0.3 is 5.97 Å². The van der Waals surface area contributed by atoms with Gasteiger partial charge in [-0.1, -0.05) is 26.0 Å². The second-order valence-electron chi connectivity index (χ2n) is 10.5. The number of carbonyl (C=O) groups excluding carboxylic acids is 2. The molecule has 2 atom stereocenters. The van der Waals surface area contributed by atoms with Gasteiger partial charge in [0.15, 0.2) is 11.5 Å². The first-order chi connectivity index (χ1) is 18.1. The number of Topliss-reactive ketones (excluding diaryl/α,β-unsaturated/α-hetero) is 1. The number of nitrogens with zero attached hydrogens (tertiary/aromatic N) is 2. The van der Waals surface area contributed by atoms with Gasteiger partial charge in [-0.15, -0.1) is 5.23 Å². The lowest BCUT2D eigenvalue weighted by molar-refractivity contribution is -0.141. The van der Waals surface area contributed by atoms with E-state index in [-0.39, 0.29) is 41.1 Å². The fraction of sp³-hybridized carbons (Fsp3) is 0.393. The van der Waals surface area contributed by atoms with Crippen LogP contribution in [0.25, 0.3) is 0 Å². The average Bonchev–Trinajstić information content (AvgIpc) is 3.33. The number of ketones is 1. The second kappa shape index (κ2) is 9.77. The van der Waals surface area contributed by atoms with Crippen LogP contribution in [0.5, 0.6) is 17.2 Å². The van der Waals surface area contributed by atoms with Crippen molar-refractivity contribution >= 4 is 23.2 Å². The zero-order valence-corrected chi connectivity index (χ0v) is 21.7. The third-order valence-electron chi connectivity index (χ3n) is 7.19. The topological polar surface area (TPSA) is 127 Å². The maximum Gasteiger partial charge on any atom is 0.336 e. The molecule has 2 unspecified atom stereocenters. The SMILES string of the molecule is COc1ccc(COC(=O)C2=C(C)N=C3CC(C)(C)CC(=O)C3C2c2cc3c(cc2N(O)O)OCO3)cc1. The quantitative estimate of drug-likeness (QED) is 0.414.